The van der Waals surface area contributed by atoms with E-state index in [4.69, 9.17) is 14.9 Å². The van der Waals surface area contributed by atoms with E-state index in [1.54, 1.807) is 7.11 Å². The first-order chi connectivity index (χ1) is 12.1. The number of methoxy groups -OCH3 is 1. The topological polar surface area (TPSA) is 54.3 Å². The first-order valence-electron chi connectivity index (χ1n) is 8.50. The second-order valence-corrected chi connectivity index (χ2v) is 5.90. The van der Waals surface area contributed by atoms with Gasteiger partial charge in [0.05, 0.1) is 7.11 Å². The van der Waals surface area contributed by atoms with E-state index in [2.05, 4.69) is 44.1 Å². The van der Waals surface area contributed by atoms with Crippen LogP contribution in [0.4, 0.5) is 0 Å². The van der Waals surface area contributed by atoms with Crippen molar-refractivity contribution in [1.29, 1.82) is 5.41 Å². The molecule has 2 aromatic carbocycles. The molecule has 0 radical (unpaired) electrons. The summed E-state index contributed by atoms with van der Waals surface area (Å²) in [5.74, 6) is 1.72. The van der Waals surface area contributed by atoms with Crippen molar-refractivity contribution < 1.29 is 9.47 Å². The van der Waals surface area contributed by atoms with Gasteiger partial charge in [-0.2, -0.15) is 0 Å². The highest BCUT2D eigenvalue weighted by Crippen LogP contribution is 2.23. The Labute approximate surface area is 151 Å². The Kier molecular flexibility index (Phi) is 9.33. The van der Waals surface area contributed by atoms with Gasteiger partial charge in [0.15, 0.2) is 0 Å². The Hall–Kier alpha value is -2.33. The summed E-state index contributed by atoms with van der Waals surface area (Å²) in [6.07, 6.45) is 1.04. The molecule has 0 aliphatic heterocycles. The molecule has 0 saturated heterocycles. The van der Waals surface area contributed by atoms with Crippen LogP contribution in [0.25, 0.3) is 0 Å². The Morgan fingerprint density at radius 2 is 1.64 bits per heavy atom. The van der Waals surface area contributed by atoms with E-state index in [1.807, 2.05) is 25.1 Å². The third kappa shape index (κ3) is 6.98. The molecule has 4 nitrogen and oxygen atoms in total. The zero-order valence-electron chi connectivity index (χ0n) is 15.8. The van der Waals surface area contributed by atoms with Crippen LogP contribution >= 0.6 is 0 Å². The van der Waals surface area contributed by atoms with Gasteiger partial charge in [0, 0.05) is 12.6 Å². The van der Waals surface area contributed by atoms with Crippen LogP contribution in [-0.2, 0) is 6.42 Å². The largest absolute Gasteiger partial charge is 0.496 e. The van der Waals surface area contributed by atoms with Gasteiger partial charge in [-0.1, -0.05) is 24.3 Å². The first kappa shape index (κ1) is 20.7. The lowest BCUT2D eigenvalue weighted by atomic mass is 10.0. The molecular formula is C21H30N2O2. The molecule has 0 aliphatic rings. The summed E-state index contributed by atoms with van der Waals surface area (Å²) in [4.78, 5) is 0. The summed E-state index contributed by atoms with van der Waals surface area (Å²) in [5.41, 5.74) is 5.21. The predicted molar refractivity (Wildman–Crippen MR) is 106 cm³/mol. The summed E-state index contributed by atoms with van der Waals surface area (Å²) in [6.45, 7) is 11.3. The van der Waals surface area contributed by atoms with Crippen LogP contribution in [0.15, 0.2) is 36.4 Å². The van der Waals surface area contributed by atoms with Gasteiger partial charge in [0.25, 0.3) is 0 Å². The van der Waals surface area contributed by atoms with Crippen molar-refractivity contribution in [2.75, 3.05) is 26.8 Å². The fraction of sp³-hybridized carbons (Fsp3) is 0.381. The maximum absolute atomic E-state index is 5.75. The number of aryl methyl sites for hydroxylation is 3. The second kappa shape index (κ2) is 11.3. The van der Waals surface area contributed by atoms with Crippen LogP contribution in [0.3, 0.4) is 0 Å². The van der Waals surface area contributed by atoms with Crippen LogP contribution in [0.5, 0.6) is 11.5 Å². The quantitative estimate of drug-likeness (QED) is 0.561. The van der Waals surface area contributed by atoms with Crippen molar-refractivity contribution in [1.82, 2.24) is 5.32 Å². The lowest BCUT2D eigenvalue weighted by molar-refractivity contribution is 0.311. The fourth-order valence-electron chi connectivity index (χ4n) is 2.45. The van der Waals surface area contributed by atoms with Gasteiger partial charge >= 0.3 is 0 Å². The van der Waals surface area contributed by atoms with E-state index in [1.165, 1.54) is 16.7 Å². The SMILES string of the molecule is C=N.COc1cc(OCCNCCc2ccc(C)c(C)c2)ccc1C. The highest BCUT2D eigenvalue weighted by atomic mass is 16.5. The standard InChI is InChI=1S/C20H27NO2.CH3N/c1-15-5-7-18(13-17(15)3)9-10-21-11-12-23-19-8-6-16(2)20(14-19)22-4;1-2/h5-8,13-14,21H,9-12H2,1-4H3;2H,1H2. The summed E-state index contributed by atoms with van der Waals surface area (Å²) >= 11 is 0. The van der Waals surface area contributed by atoms with E-state index >= 15 is 0 Å². The number of ether oxygens (including phenoxy) is 2. The van der Waals surface area contributed by atoms with Crippen LogP contribution < -0.4 is 14.8 Å². The fourth-order valence-corrected chi connectivity index (χ4v) is 2.45. The zero-order chi connectivity index (χ0) is 18.7. The van der Waals surface area contributed by atoms with E-state index in [0.717, 1.165) is 36.6 Å². The zero-order valence-corrected chi connectivity index (χ0v) is 15.8. The molecule has 0 heterocycles. The van der Waals surface area contributed by atoms with Gasteiger partial charge < -0.3 is 20.2 Å². The number of hydrogen-bond donors (Lipinski definition) is 2. The predicted octanol–water partition coefficient (Wildman–Crippen LogP) is 4.10. The Morgan fingerprint density at radius 1 is 0.920 bits per heavy atom. The van der Waals surface area contributed by atoms with Crippen molar-refractivity contribution in [3.8, 4) is 11.5 Å². The third-order valence-corrected chi connectivity index (χ3v) is 4.09. The number of hydrogen-bond acceptors (Lipinski definition) is 4. The summed E-state index contributed by atoms with van der Waals surface area (Å²) in [7, 11) is 1.68. The highest BCUT2D eigenvalue weighted by Gasteiger charge is 2.01. The second-order valence-electron chi connectivity index (χ2n) is 5.90. The van der Waals surface area contributed by atoms with Crippen molar-refractivity contribution in [3.63, 3.8) is 0 Å². The van der Waals surface area contributed by atoms with Gasteiger partial charge in [0.2, 0.25) is 0 Å². The minimum atomic E-state index is 0.652. The average Bonchev–Trinajstić information content (AvgIpc) is 2.64. The molecule has 2 aromatic rings. The normalized spacial score (nSPS) is 9.92. The lowest BCUT2D eigenvalue weighted by Gasteiger charge is -2.10. The van der Waals surface area contributed by atoms with Gasteiger partial charge in [-0.25, -0.2) is 0 Å². The monoisotopic (exact) mass is 342 g/mol. The maximum atomic E-state index is 5.75. The molecule has 0 aliphatic carbocycles. The molecule has 0 saturated carbocycles. The van der Waals surface area contributed by atoms with Crippen molar-refractivity contribution >= 4 is 6.72 Å². The van der Waals surface area contributed by atoms with Crippen molar-refractivity contribution in [2.24, 2.45) is 0 Å². The molecule has 2 rings (SSSR count). The van der Waals surface area contributed by atoms with Crippen molar-refractivity contribution in [2.45, 2.75) is 27.2 Å². The van der Waals surface area contributed by atoms with Crippen LogP contribution in [-0.4, -0.2) is 33.5 Å². The molecular weight excluding hydrogens is 312 g/mol. The average molecular weight is 342 g/mol. The van der Waals surface area contributed by atoms with E-state index < -0.39 is 0 Å². The van der Waals surface area contributed by atoms with Gasteiger partial charge in [-0.15, -0.1) is 0 Å². The number of nitrogens with one attached hydrogen (secondary N) is 2. The highest BCUT2D eigenvalue weighted by molar-refractivity contribution is 5.39. The van der Waals surface area contributed by atoms with Gasteiger partial charge in [-0.05, 0) is 68.8 Å². The Balaban J connectivity index is 0.00000151. The van der Waals surface area contributed by atoms with E-state index in [-0.39, 0.29) is 0 Å². The minimum absolute atomic E-state index is 0.652. The number of benzene rings is 2. The smallest absolute Gasteiger partial charge is 0.125 e. The molecule has 2 N–H and O–H groups in total. The first-order valence-corrected chi connectivity index (χ1v) is 8.50. The van der Waals surface area contributed by atoms with E-state index in [0.29, 0.717) is 6.61 Å². The van der Waals surface area contributed by atoms with Crippen LogP contribution in [0, 0.1) is 26.2 Å². The lowest BCUT2D eigenvalue weighted by Crippen LogP contribution is -2.23. The molecule has 0 fully saturated rings. The van der Waals surface area contributed by atoms with Gasteiger partial charge in [-0.3, -0.25) is 0 Å². The Bertz CT molecular complexity index is 656. The molecule has 136 valence electrons. The molecule has 0 atom stereocenters. The molecule has 0 unspecified atom stereocenters. The summed E-state index contributed by atoms with van der Waals surface area (Å²) < 4.78 is 11.0. The van der Waals surface area contributed by atoms with Crippen molar-refractivity contribution in [3.05, 3.63) is 58.7 Å². The minimum Gasteiger partial charge on any atom is -0.496 e. The van der Waals surface area contributed by atoms with Gasteiger partial charge in [0.1, 0.15) is 18.1 Å². The molecule has 0 aromatic heterocycles. The Morgan fingerprint density at radius 3 is 2.32 bits per heavy atom. The van der Waals surface area contributed by atoms with E-state index in [9.17, 15) is 0 Å². The maximum Gasteiger partial charge on any atom is 0.125 e. The summed E-state index contributed by atoms with van der Waals surface area (Å²) in [5, 5.41) is 8.92. The molecule has 25 heavy (non-hydrogen) atoms. The molecule has 0 spiro atoms. The molecule has 4 heteroatoms. The molecule has 0 amide bonds. The van der Waals surface area contributed by atoms with Crippen LogP contribution in [0.1, 0.15) is 22.3 Å². The molecule has 0 bridgehead atoms. The third-order valence-electron chi connectivity index (χ3n) is 4.09. The summed E-state index contributed by atoms with van der Waals surface area (Å²) in [6, 6.07) is 12.6. The van der Waals surface area contributed by atoms with Crippen LogP contribution in [0.2, 0.25) is 0 Å². The number of rotatable bonds is 8.